The second-order valence-corrected chi connectivity index (χ2v) is 4.58. The second kappa shape index (κ2) is 5.62. The number of aromatic nitrogens is 1. The highest BCUT2D eigenvalue weighted by Crippen LogP contribution is 2.28. The first-order chi connectivity index (χ1) is 8.66. The van der Waals surface area contributed by atoms with Crippen LogP contribution in [0.1, 0.15) is 46.5 Å². The monoisotopic (exact) mass is 248 g/mol. The molecule has 2 N–H and O–H groups in total. The summed E-state index contributed by atoms with van der Waals surface area (Å²) in [6, 6.07) is 2.82. The number of carboxylic acid groups (broad SMARTS) is 1. The lowest BCUT2D eigenvalue weighted by Crippen LogP contribution is -2.28. The zero-order chi connectivity index (χ0) is 13.0. The zero-order valence-corrected chi connectivity index (χ0v) is 10.1. The Labute approximate surface area is 105 Å². The first-order valence-electron chi connectivity index (χ1n) is 6.14. The normalized spacial score (nSPS) is 14.9. The molecule has 18 heavy (non-hydrogen) atoms. The molecule has 0 aromatic carbocycles. The Morgan fingerprint density at radius 2 is 2.17 bits per heavy atom. The smallest absolute Gasteiger partial charge is 0.337 e. The number of aromatic carboxylic acids is 1. The third kappa shape index (κ3) is 3.06. The van der Waals surface area contributed by atoms with Crippen LogP contribution in [0, 0.1) is 5.92 Å². The number of carboxylic acids is 1. The Morgan fingerprint density at radius 1 is 1.39 bits per heavy atom. The van der Waals surface area contributed by atoms with Crippen LogP contribution in [0.2, 0.25) is 0 Å². The average Bonchev–Trinajstić information content (AvgIpc) is 2.32. The molecule has 2 rings (SSSR count). The molecule has 1 aromatic heterocycles. The highest BCUT2D eigenvalue weighted by molar-refractivity contribution is 5.93. The highest BCUT2D eigenvalue weighted by atomic mass is 16.4. The van der Waals surface area contributed by atoms with E-state index in [1.54, 1.807) is 0 Å². The van der Waals surface area contributed by atoms with E-state index in [2.05, 4.69) is 10.3 Å². The van der Waals surface area contributed by atoms with Gasteiger partial charge in [-0.1, -0.05) is 19.3 Å². The van der Waals surface area contributed by atoms with Crippen molar-refractivity contribution < 1.29 is 14.7 Å². The van der Waals surface area contributed by atoms with Gasteiger partial charge in [0.05, 0.1) is 5.56 Å². The minimum absolute atomic E-state index is 0.0843. The lowest BCUT2D eigenvalue weighted by atomic mass is 9.83. The van der Waals surface area contributed by atoms with E-state index < -0.39 is 5.97 Å². The first-order valence-corrected chi connectivity index (χ1v) is 6.14. The van der Waals surface area contributed by atoms with E-state index in [0.29, 0.717) is 6.54 Å². The van der Waals surface area contributed by atoms with Crippen molar-refractivity contribution in [3.05, 3.63) is 29.6 Å². The number of nitrogens with zero attached hydrogens (tertiary/aromatic N) is 1. The predicted octanol–water partition coefficient (Wildman–Crippen LogP) is 1.70. The van der Waals surface area contributed by atoms with Crippen molar-refractivity contribution in [3.63, 3.8) is 0 Å². The van der Waals surface area contributed by atoms with Crippen LogP contribution in [0.15, 0.2) is 18.3 Å². The molecule has 1 aliphatic rings. The third-order valence-electron chi connectivity index (χ3n) is 3.31. The number of nitrogens with one attached hydrogen (secondary N) is 1. The molecule has 0 aliphatic heterocycles. The molecule has 0 bridgehead atoms. The van der Waals surface area contributed by atoms with Gasteiger partial charge in [0, 0.05) is 12.7 Å². The van der Waals surface area contributed by atoms with Gasteiger partial charge in [0.25, 0.3) is 5.91 Å². The molecule has 0 atom stereocenters. The molecule has 0 unspecified atom stereocenters. The number of hydrogen-bond acceptors (Lipinski definition) is 3. The number of rotatable bonds is 5. The van der Waals surface area contributed by atoms with Gasteiger partial charge in [-0.25, -0.2) is 4.79 Å². The summed E-state index contributed by atoms with van der Waals surface area (Å²) < 4.78 is 0. The quantitative estimate of drug-likeness (QED) is 0.831. The van der Waals surface area contributed by atoms with Gasteiger partial charge in [0.15, 0.2) is 0 Å². The summed E-state index contributed by atoms with van der Waals surface area (Å²) in [5, 5.41) is 11.5. The van der Waals surface area contributed by atoms with E-state index in [0.717, 1.165) is 12.3 Å². The molecule has 1 amide bonds. The Morgan fingerprint density at radius 3 is 2.67 bits per heavy atom. The van der Waals surface area contributed by atoms with Crippen LogP contribution in [-0.4, -0.2) is 28.5 Å². The molecule has 1 aromatic rings. The Balaban J connectivity index is 1.82. The molecule has 1 heterocycles. The van der Waals surface area contributed by atoms with E-state index in [1.165, 1.54) is 37.6 Å². The van der Waals surface area contributed by atoms with Gasteiger partial charge in [-0.15, -0.1) is 0 Å². The molecule has 1 saturated carbocycles. The number of carbonyl (C=O) groups excluding carboxylic acids is 1. The first kappa shape index (κ1) is 12.5. The van der Waals surface area contributed by atoms with Gasteiger partial charge in [0.2, 0.25) is 0 Å². The van der Waals surface area contributed by atoms with Crippen molar-refractivity contribution in [3.8, 4) is 0 Å². The third-order valence-corrected chi connectivity index (χ3v) is 3.31. The van der Waals surface area contributed by atoms with Crippen LogP contribution in [0.4, 0.5) is 0 Å². The second-order valence-electron chi connectivity index (χ2n) is 4.58. The van der Waals surface area contributed by atoms with E-state index in [-0.39, 0.29) is 17.2 Å². The molecular formula is C13H16N2O3. The highest BCUT2D eigenvalue weighted by Gasteiger charge is 2.17. The standard InChI is InChI=1S/C13H16N2O3/c16-12(14-7-6-9-2-1-3-9)11-5-4-10(8-15-11)13(17)18/h4-5,8-9H,1-3,6-7H2,(H,14,16)(H,17,18). The minimum Gasteiger partial charge on any atom is -0.478 e. The van der Waals surface area contributed by atoms with Gasteiger partial charge >= 0.3 is 5.97 Å². The summed E-state index contributed by atoms with van der Waals surface area (Å²) in [6.07, 6.45) is 6.04. The van der Waals surface area contributed by atoms with E-state index in [4.69, 9.17) is 5.11 Å². The van der Waals surface area contributed by atoms with Crippen molar-refractivity contribution in [1.82, 2.24) is 10.3 Å². The molecule has 1 fully saturated rings. The van der Waals surface area contributed by atoms with Crippen molar-refractivity contribution >= 4 is 11.9 Å². The Kier molecular flexibility index (Phi) is 3.92. The van der Waals surface area contributed by atoms with Crippen molar-refractivity contribution in [2.75, 3.05) is 6.54 Å². The van der Waals surface area contributed by atoms with E-state index in [9.17, 15) is 9.59 Å². The summed E-state index contributed by atoms with van der Waals surface area (Å²) in [4.78, 5) is 26.2. The van der Waals surface area contributed by atoms with Crippen molar-refractivity contribution in [1.29, 1.82) is 0 Å². The van der Waals surface area contributed by atoms with Gasteiger partial charge in [0.1, 0.15) is 5.69 Å². The fraction of sp³-hybridized carbons (Fsp3) is 0.462. The van der Waals surface area contributed by atoms with Gasteiger partial charge in [-0.05, 0) is 24.5 Å². The molecule has 0 spiro atoms. The summed E-state index contributed by atoms with van der Waals surface area (Å²) in [7, 11) is 0. The molecule has 5 heteroatoms. The van der Waals surface area contributed by atoms with Crippen LogP contribution in [-0.2, 0) is 0 Å². The Bertz CT molecular complexity index is 438. The number of hydrogen-bond donors (Lipinski definition) is 2. The van der Waals surface area contributed by atoms with Gasteiger partial charge in [-0.3, -0.25) is 9.78 Å². The molecule has 5 nitrogen and oxygen atoms in total. The van der Waals surface area contributed by atoms with Crippen LogP contribution in [0.25, 0.3) is 0 Å². The number of amides is 1. The van der Waals surface area contributed by atoms with Gasteiger partial charge < -0.3 is 10.4 Å². The zero-order valence-electron chi connectivity index (χ0n) is 10.1. The van der Waals surface area contributed by atoms with E-state index >= 15 is 0 Å². The molecular weight excluding hydrogens is 232 g/mol. The predicted molar refractivity (Wildman–Crippen MR) is 65.5 cm³/mol. The van der Waals surface area contributed by atoms with Crippen LogP contribution in [0.5, 0.6) is 0 Å². The van der Waals surface area contributed by atoms with E-state index in [1.807, 2.05) is 0 Å². The fourth-order valence-electron chi connectivity index (χ4n) is 1.92. The molecule has 0 radical (unpaired) electrons. The van der Waals surface area contributed by atoms with Crippen LogP contribution < -0.4 is 5.32 Å². The van der Waals surface area contributed by atoms with Crippen molar-refractivity contribution in [2.45, 2.75) is 25.7 Å². The summed E-state index contributed by atoms with van der Waals surface area (Å²) in [5.41, 5.74) is 0.342. The number of pyridine rings is 1. The summed E-state index contributed by atoms with van der Waals surface area (Å²) in [6.45, 7) is 0.659. The van der Waals surface area contributed by atoms with Crippen molar-refractivity contribution in [2.24, 2.45) is 5.92 Å². The summed E-state index contributed by atoms with van der Waals surface area (Å²) in [5.74, 6) is -0.529. The SMILES string of the molecule is O=C(O)c1ccc(C(=O)NCCC2CCC2)nc1. The molecule has 0 saturated heterocycles. The summed E-state index contributed by atoms with van der Waals surface area (Å²) >= 11 is 0. The number of carbonyl (C=O) groups is 2. The molecule has 1 aliphatic carbocycles. The van der Waals surface area contributed by atoms with Crippen LogP contribution in [0.3, 0.4) is 0 Å². The lowest BCUT2D eigenvalue weighted by Gasteiger charge is -2.25. The maximum atomic E-state index is 11.7. The lowest BCUT2D eigenvalue weighted by molar-refractivity contribution is 0.0695. The average molecular weight is 248 g/mol. The van der Waals surface area contributed by atoms with Gasteiger partial charge in [-0.2, -0.15) is 0 Å². The fourth-order valence-corrected chi connectivity index (χ4v) is 1.92. The minimum atomic E-state index is -1.04. The topological polar surface area (TPSA) is 79.3 Å². The Hall–Kier alpha value is -1.91. The van der Waals surface area contributed by atoms with Crippen LogP contribution >= 0.6 is 0 Å². The maximum Gasteiger partial charge on any atom is 0.337 e. The largest absolute Gasteiger partial charge is 0.478 e. The maximum absolute atomic E-state index is 11.7. The molecule has 96 valence electrons.